The first-order valence-electron chi connectivity index (χ1n) is 14.9. The molecule has 0 fully saturated rings. The molecule has 3 N–H and O–H groups in total. The van der Waals surface area contributed by atoms with Crippen LogP contribution in [0.2, 0.25) is 10.0 Å². The smallest absolute Gasteiger partial charge is 0.306 e. The molecule has 1 aliphatic rings. The highest BCUT2D eigenvalue weighted by Crippen LogP contribution is 2.45. The van der Waals surface area contributed by atoms with Gasteiger partial charge < -0.3 is 19.3 Å². The van der Waals surface area contributed by atoms with Crippen LogP contribution in [-0.2, 0) is 25.5 Å². The third kappa shape index (κ3) is 9.43. The van der Waals surface area contributed by atoms with Crippen molar-refractivity contribution in [2.24, 2.45) is 4.99 Å². The Hall–Kier alpha value is -3.63. The van der Waals surface area contributed by atoms with Crippen LogP contribution in [0.5, 0.6) is 5.75 Å². The van der Waals surface area contributed by atoms with Gasteiger partial charge in [0.1, 0.15) is 11.4 Å². The monoisotopic (exact) mass is 655 g/mol. The van der Waals surface area contributed by atoms with E-state index in [2.05, 4.69) is 10.9 Å². The fraction of sp³-hybridized carbons (Fsp3) is 0.382. The molecule has 3 aromatic carbocycles. The number of aliphatic hydroxyl groups is 1. The normalized spacial score (nSPS) is 17.7. The third-order valence-corrected chi connectivity index (χ3v) is 7.55. The fourth-order valence-electron chi connectivity index (χ4n) is 4.85. The van der Waals surface area contributed by atoms with E-state index in [1.165, 1.54) is 0 Å². The van der Waals surface area contributed by atoms with E-state index in [4.69, 9.17) is 47.5 Å². The first-order valence-corrected chi connectivity index (χ1v) is 15.6. The molecule has 45 heavy (non-hydrogen) atoms. The molecule has 1 amide bonds. The number of benzene rings is 3. The minimum atomic E-state index is -1.60. The largest absolute Gasteiger partial charge is 0.494 e. The van der Waals surface area contributed by atoms with Crippen LogP contribution in [0.25, 0.3) is 0 Å². The van der Waals surface area contributed by atoms with Gasteiger partial charge in [-0.15, -0.1) is 0 Å². The fourth-order valence-corrected chi connectivity index (χ4v) is 5.36. The molecular formula is C34H39Cl2N3O6. The molecule has 0 unspecified atom stereocenters. The van der Waals surface area contributed by atoms with E-state index < -0.39 is 29.1 Å². The molecule has 2 atom stereocenters. The van der Waals surface area contributed by atoms with E-state index in [0.717, 1.165) is 5.56 Å². The van der Waals surface area contributed by atoms with Gasteiger partial charge in [-0.1, -0.05) is 59.6 Å². The molecule has 0 radical (unpaired) electrons. The number of nitrogens with one attached hydrogen (secondary N) is 2. The van der Waals surface area contributed by atoms with E-state index >= 15 is 0 Å². The number of aliphatic hydroxyl groups excluding tert-OH is 1. The van der Waals surface area contributed by atoms with Gasteiger partial charge in [-0.05, 0) is 75.6 Å². The second kappa shape index (κ2) is 15.6. The number of nitrogens with zero attached hydrogens (tertiary/aromatic N) is 1. The summed E-state index contributed by atoms with van der Waals surface area (Å²) in [4.78, 5) is 32.0. The zero-order valence-electron chi connectivity index (χ0n) is 25.6. The Balaban J connectivity index is 1.68. The lowest BCUT2D eigenvalue weighted by molar-refractivity contribution is -0.155. The standard InChI is InChI=1S/C34H39Cl2N3O6/c1-33(2,3)45-29(41)16-18-34(32(42)39-37-19-17-23-8-5-4-6-9-23)30(27-15-12-25(35)22-28(27)36)44-31(38-34)24-10-13-26(14-11-24)43-21-7-20-40/h4-6,8-15,22,30,37,40H,7,16-21H2,1-3H3,(H,39,42)/t30-,34-/m0/s1. The number of aliphatic imine (C=N–C) groups is 1. The molecule has 9 nitrogen and oxygen atoms in total. The van der Waals surface area contributed by atoms with E-state index in [1.807, 2.05) is 30.3 Å². The van der Waals surface area contributed by atoms with Gasteiger partial charge in [0.15, 0.2) is 11.6 Å². The van der Waals surface area contributed by atoms with Crippen LogP contribution in [0.15, 0.2) is 77.8 Å². The summed E-state index contributed by atoms with van der Waals surface area (Å²) in [6, 6.07) is 21.9. The van der Waals surface area contributed by atoms with Crippen molar-refractivity contribution in [3.8, 4) is 5.75 Å². The molecule has 1 aliphatic heterocycles. The van der Waals surface area contributed by atoms with Crippen molar-refractivity contribution in [3.63, 3.8) is 0 Å². The molecule has 0 saturated heterocycles. The SMILES string of the molecule is CC(C)(C)OC(=O)CC[C@]1(C(=O)NNCCc2ccccc2)N=C(c2ccc(OCCCO)cc2)O[C@H]1c1ccc(Cl)cc1Cl. The number of esters is 1. The number of amides is 1. The van der Waals surface area contributed by atoms with Gasteiger partial charge in [0.2, 0.25) is 5.90 Å². The Morgan fingerprint density at radius 1 is 1.04 bits per heavy atom. The first kappa shape index (κ1) is 34.2. The number of halogens is 2. The molecule has 1 heterocycles. The van der Waals surface area contributed by atoms with E-state index in [-0.39, 0.29) is 25.3 Å². The summed E-state index contributed by atoms with van der Waals surface area (Å²) in [5, 5.41) is 9.75. The molecule has 3 aromatic rings. The summed E-state index contributed by atoms with van der Waals surface area (Å²) in [7, 11) is 0. The van der Waals surface area contributed by atoms with Crippen molar-refractivity contribution in [3.05, 3.63) is 99.5 Å². The molecule has 0 bridgehead atoms. The van der Waals surface area contributed by atoms with Crippen LogP contribution in [0.1, 0.15) is 62.8 Å². The molecule has 11 heteroatoms. The molecular weight excluding hydrogens is 617 g/mol. The summed E-state index contributed by atoms with van der Waals surface area (Å²) in [5.41, 5.74) is 5.73. The van der Waals surface area contributed by atoms with Crippen molar-refractivity contribution >= 4 is 41.0 Å². The zero-order valence-corrected chi connectivity index (χ0v) is 27.2. The lowest BCUT2D eigenvalue weighted by Crippen LogP contribution is -2.53. The van der Waals surface area contributed by atoms with Gasteiger partial charge in [-0.2, -0.15) is 0 Å². The van der Waals surface area contributed by atoms with Gasteiger partial charge in [0, 0.05) is 47.2 Å². The van der Waals surface area contributed by atoms with Crippen molar-refractivity contribution in [1.82, 2.24) is 10.9 Å². The van der Waals surface area contributed by atoms with Gasteiger partial charge in [0.05, 0.1) is 6.61 Å². The molecule has 4 rings (SSSR count). The second-order valence-corrected chi connectivity index (χ2v) is 12.5. The minimum Gasteiger partial charge on any atom is -0.494 e. The predicted octanol–water partition coefficient (Wildman–Crippen LogP) is 6.00. The second-order valence-electron chi connectivity index (χ2n) is 11.7. The van der Waals surface area contributed by atoms with Crippen LogP contribution in [0.4, 0.5) is 0 Å². The number of hydrogen-bond donors (Lipinski definition) is 3. The number of rotatable bonds is 14. The highest BCUT2D eigenvalue weighted by molar-refractivity contribution is 6.35. The van der Waals surface area contributed by atoms with Crippen molar-refractivity contribution < 1.29 is 28.9 Å². The maximum atomic E-state index is 14.2. The van der Waals surface area contributed by atoms with E-state index in [0.29, 0.717) is 52.9 Å². The van der Waals surface area contributed by atoms with Crippen LogP contribution in [-0.4, -0.2) is 53.8 Å². The third-order valence-electron chi connectivity index (χ3n) is 6.99. The summed E-state index contributed by atoms with van der Waals surface area (Å²) in [5.74, 6) is -0.147. The Morgan fingerprint density at radius 2 is 1.78 bits per heavy atom. The van der Waals surface area contributed by atoms with Crippen LogP contribution in [0.3, 0.4) is 0 Å². The average Bonchev–Trinajstić information content (AvgIpc) is 3.39. The Kier molecular flexibility index (Phi) is 11.9. The summed E-state index contributed by atoms with van der Waals surface area (Å²) >= 11 is 12.9. The Labute approximate surface area is 273 Å². The zero-order chi connectivity index (χ0) is 32.5. The summed E-state index contributed by atoms with van der Waals surface area (Å²) in [6.07, 6.45) is 0.0696. The number of carbonyl (C=O) groups is 2. The maximum Gasteiger partial charge on any atom is 0.306 e. The van der Waals surface area contributed by atoms with Crippen molar-refractivity contribution in [2.45, 2.75) is 63.7 Å². The van der Waals surface area contributed by atoms with Crippen molar-refractivity contribution in [1.29, 1.82) is 0 Å². The quantitative estimate of drug-likeness (QED) is 0.111. The van der Waals surface area contributed by atoms with Crippen molar-refractivity contribution in [2.75, 3.05) is 19.8 Å². The Morgan fingerprint density at radius 3 is 2.44 bits per heavy atom. The highest BCUT2D eigenvalue weighted by atomic mass is 35.5. The number of ether oxygens (including phenoxy) is 3. The van der Waals surface area contributed by atoms with Gasteiger partial charge in [0.25, 0.3) is 5.91 Å². The number of hydrazine groups is 1. The maximum absolute atomic E-state index is 14.2. The van der Waals surface area contributed by atoms with Gasteiger partial charge in [-0.25, -0.2) is 10.4 Å². The molecule has 0 aromatic heterocycles. The first-order chi connectivity index (χ1) is 21.5. The lowest BCUT2D eigenvalue weighted by Gasteiger charge is -2.31. The number of hydrogen-bond acceptors (Lipinski definition) is 8. The summed E-state index contributed by atoms with van der Waals surface area (Å²) < 4.78 is 17.7. The van der Waals surface area contributed by atoms with E-state index in [1.54, 1.807) is 63.2 Å². The lowest BCUT2D eigenvalue weighted by atomic mass is 9.83. The Bertz CT molecular complexity index is 1480. The van der Waals surface area contributed by atoms with Gasteiger partial charge in [-0.3, -0.25) is 15.0 Å². The predicted molar refractivity (Wildman–Crippen MR) is 175 cm³/mol. The molecule has 0 saturated carbocycles. The van der Waals surface area contributed by atoms with Crippen LogP contribution < -0.4 is 15.6 Å². The van der Waals surface area contributed by atoms with Gasteiger partial charge >= 0.3 is 5.97 Å². The van der Waals surface area contributed by atoms with Crippen LogP contribution >= 0.6 is 23.2 Å². The minimum absolute atomic E-state index is 0.0242. The highest BCUT2D eigenvalue weighted by Gasteiger charge is 2.54. The number of carbonyl (C=O) groups excluding carboxylic acids is 2. The van der Waals surface area contributed by atoms with Crippen LogP contribution in [0, 0.1) is 0 Å². The van der Waals surface area contributed by atoms with E-state index in [9.17, 15) is 9.59 Å². The topological polar surface area (TPSA) is 118 Å². The molecule has 0 spiro atoms. The molecule has 240 valence electrons. The average molecular weight is 657 g/mol. The molecule has 0 aliphatic carbocycles. The summed E-state index contributed by atoms with van der Waals surface area (Å²) in [6.45, 7) is 6.21.